The molecule has 1 aromatic rings. The molecule has 0 heterocycles. The van der Waals surface area contributed by atoms with Crippen molar-refractivity contribution in [2.75, 3.05) is 13.2 Å². The normalized spacial score (nSPS) is 12.6. The van der Waals surface area contributed by atoms with Crippen molar-refractivity contribution in [2.45, 2.75) is 19.9 Å². The summed E-state index contributed by atoms with van der Waals surface area (Å²) in [6, 6.07) is 3.14. The molecule has 0 aliphatic rings. The minimum atomic E-state index is -0.454. The first kappa shape index (κ1) is 12.3. The van der Waals surface area contributed by atoms with Gasteiger partial charge in [0.05, 0.1) is 19.3 Å². The van der Waals surface area contributed by atoms with E-state index in [1.54, 1.807) is 6.07 Å². The molecule has 0 fully saturated rings. The highest BCUT2D eigenvalue weighted by Gasteiger charge is 2.13. The van der Waals surface area contributed by atoms with E-state index in [0.29, 0.717) is 17.4 Å². The number of hydrogen-bond donors (Lipinski definition) is 2. The third-order valence-corrected chi connectivity index (χ3v) is 2.59. The van der Waals surface area contributed by atoms with Crippen LogP contribution in [0.4, 0.5) is 0 Å². The SMILES string of the molecule is CCOc1cc(C)c(Cl)cc1C(N)CO. The van der Waals surface area contributed by atoms with Crippen molar-refractivity contribution in [1.82, 2.24) is 0 Å². The first-order valence-corrected chi connectivity index (χ1v) is 5.27. The van der Waals surface area contributed by atoms with Crippen molar-refractivity contribution in [2.24, 2.45) is 5.73 Å². The summed E-state index contributed by atoms with van der Waals surface area (Å²) in [6.45, 7) is 4.24. The van der Waals surface area contributed by atoms with Crippen LogP contribution in [-0.2, 0) is 0 Å². The van der Waals surface area contributed by atoms with Crippen LogP contribution in [-0.4, -0.2) is 18.3 Å². The molecule has 0 bridgehead atoms. The van der Waals surface area contributed by atoms with Crippen LogP contribution in [0.2, 0.25) is 5.02 Å². The van der Waals surface area contributed by atoms with E-state index >= 15 is 0 Å². The lowest BCUT2D eigenvalue weighted by Crippen LogP contribution is -2.16. The molecule has 0 aromatic heterocycles. The molecule has 0 aliphatic heterocycles. The van der Waals surface area contributed by atoms with Gasteiger partial charge in [0, 0.05) is 10.6 Å². The van der Waals surface area contributed by atoms with Crippen molar-refractivity contribution in [1.29, 1.82) is 0 Å². The lowest BCUT2D eigenvalue weighted by atomic mass is 10.0. The Morgan fingerprint density at radius 1 is 1.53 bits per heavy atom. The van der Waals surface area contributed by atoms with Gasteiger partial charge in [-0.05, 0) is 31.5 Å². The molecule has 0 spiro atoms. The molecule has 4 heteroatoms. The standard InChI is InChI=1S/C11H16ClNO2/c1-3-15-11-4-7(2)9(12)5-8(11)10(13)6-14/h4-5,10,14H,3,6,13H2,1-2H3. The van der Waals surface area contributed by atoms with E-state index in [1.807, 2.05) is 19.9 Å². The Morgan fingerprint density at radius 2 is 2.20 bits per heavy atom. The maximum absolute atomic E-state index is 9.02. The average molecular weight is 230 g/mol. The third kappa shape index (κ3) is 2.84. The summed E-state index contributed by atoms with van der Waals surface area (Å²) in [6.07, 6.45) is 0. The maximum Gasteiger partial charge on any atom is 0.124 e. The van der Waals surface area contributed by atoms with Crippen LogP contribution in [0.15, 0.2) is 12.1 Å². The van der Waals surface area contributed by atoms with Crippen LogP contribution in [0.5, 0.6) is 5.75 Å². The fourth-order valence-electron chi connectivity index (χ4n) is 1.34. The summed E-state index contributed by atoms with van der Waals surface area (Å²) >= 11 is 5.99. The molecule has 0 radical (unpaired) electrons. The number of hydrogen-bond acceptors (Lipinski definition) is 3. The van der Waals surface area contributed by atoms with Gasteiger partial charge >= 0.3 is 0 Å². The van der Waals surface area contributed by atoms with Gasteiger partial charge in [-0.3, -0.25) is 0 Å². The van der Waals surface area contributed by atoms with Crippen LogP contribution < -0.4 is 10.5 Å². The molecule has 1 rings (SSSR count). The van der Waals surface area contributed by atoms with E-state index < -0.39 is 6.04 Å². The molecule has 0 amide bonds. The van der Waals surface area contributed by atoms with Crippen LogP contribution in [0.3, 0.4) is 0 Å². The molecule has 3 nitrogen and oxygen atoms in total. The zero-order valence-electron chi connectivity index (χ0n) is 8.96. The largest absolute Gasteiger partial charge is 0.494 e. The Balaban J connectivity index is 3.15. The second kappa shape index (κ2) is 5.35. The number of aryl methyl sites for hydroxylation is 1. The Hall–Kier alpha value is -0.770. The summed E-state index contributed by atoms with van der Waals surface area (Å²) in [5, 5.41) is 9.65. The van der Waals surface area contributed by atoms with Crippen LogP contribution in [0, 0.1) is 6.92 Å². The van der Waals surface area contributed by atoms with Gasteiger partial charge in [0.25, 0.3) is 0 Å². The summed E-state index contributed by atoms with van der Waals surface area (Å²) in [4.78, 5) is 0. The monoisotopic (exact) mass is 229 g/mol. The minimum absolute atomic E-state index is 0.126. The Labute approximate surface area is 94.8 Å². The second-order valence-corrected chi connectivity index (χ2v) is 3.77. The summed E-state index contributed by atoms with van der Waals surface area (Å²) in [5.74, 6) is 0.695. The van der Waals surface area contributed by atoms with Gasteiger partial charge in [0.1, 0.15) is 5.75 Å². The number of aliphatic hydroxyl groups excluding tert-OH is 1. The highest BCUT2D eigenvalue weighted by atomic mass is 35.5. The van der Waals surface area contributed by atoms with E-state index in [0.717, 1.165) is 11.1 Å². The number of halogens is 1. The molecular weight excluding hydrogens is 214 g/mol. The zero-order valence-corrected chi connectivity index (χ0v) is 9.71. The van der Waals surface area contributed by atoms with E-state index in [-0.39, 0.29) is 6.61 Å². The van der Waals surface area contributed by atoms with Crippen molar-refractivity contribution < 1.29 is 9.84 Å². The molecule has 84 valence electrons. The molecular formula is C11H16ClNO2. The number of benzene rings is 1. The smallest absolute Gasteiger partial charge is 0.124 e. The fourth-order valence-corrected chi connectivity index (χ4v) is 1.51. The Bertz CT molecular complexity index is 342. The number of aliphatic hydroxyl groups is 1. The van der Waals surface area contributed by atoms with Crippen LogP contribution in [0.1, 0.15) is 24.1 Å². The summed E-state index contributed by atoms with van der Waals surface area (Å²) < 4.78 is 5.45. The average Bonchev–Trinajstić information content (AvgIpc) is 2.22. The molecule has 1 unspecified atom stereocenters. The quantitative estimate of drug-likeness (QED) is 0.831. The van der Waals surface area contributed by atoms with Crippen molar-refractivity contribution >= 4 is 11.6 Å². The molecule has 15 heavy (non-hydrogen) atoms. The fraction of sp³-hybridized carbons (Fsp3) is 0.455. The van der Waals surface area contributed by atoms with Gasteiger partial charge in [-0.15, -0.1) is 0 Å². The maximum atomic E-state index is 9.02. The zero-order chi connectivity index (χ0) is 11.4. The number of ether oxygens (including phenoxy) is 1. The number of rotatable bonds is 4. The van der Waals surface area contributed by atoms with Crippen LogP contribution >= 0.6 is 11.6 Å². The highest BCUT2D eigenvalue weighted by Crippen LogP contribution is 2.30. The van der Waals surface area contributed by atoms with Crippen molar-refractivity contribution in [3.63, 3.8) is 0 Å². The first-order chi connectivity index (χ1) is 7.10. The predicted molar refractivity (Wildman–Crippen MR) is 61.4 cm³/mol. The molecule has 1 atom stereocenters. The molecule has 0 saturated carbocycles. The van der Waals surface area contributed by atoms with Gasteiger partial charge in [0.15, 0.2) is 0 Å². The lowest BCUT2D eigenvalue weighted by molar-refractivity contribution is 0.261. The Morgan fingerprint density at radius 3 is 2.73 bits per heavy atom. The van der Waals surface area contributed by atoms with E-state index in [1.165, 1.54) is 0 Å². The van der Waals surface area contributed by atoms with E-state index in [2.05, 4.69) is 0 Å². The predicted octanol–water partition coefficient (Wildman–Crippen LogP) is 2.04. The van der Waals surface area contributed by atoms with Gasteiger partial charge < -0.3 is 15.6 Å². The third-order valence-electron chi connectivity index (χ3n) is 2.19. The lowest BCUT2D eigenvalue weighted by Gasteiger charge is -2.16. The van der Waals surface area contributed by atoms with Gasteiger partial charge in [0.2, 0.25) is 0 Å². The first-order valence-electron chi connectivity index (χ1n) is 4.89. The highest BCUT2D eigenvalue weighted by molar-refractivity contribution is 6.31. The van der Waals surface area contributed by atoms with E-state index in [4.69, 9.17) is 27.2 Å². The molecule has 0 aliphatic carbocycles. The molecule has 1 aromatic carbocycles. The minimum Gasteiger partial charge on any atom is -0.494 e. The van der Waals surface area contributed by atoms with Crippen LogP contribution in [0.25, 0.3) is 0 Å². The molecule has 3 N–H and O–H groups in total. The number of nitrogens with two attached hydrogens (primary N) is 1. The summed E-state index contributed by atoms with van der Waals surface area (Å²) in [7, 11) is 0. The Kier molecular flexibility index (Phi) is 4.39. The van der Waals surface area contributed by atoms with Gasteiger partial charge in [-0.2, -0.15) is 0 Å². The van der Waals surface area contributed by atoms with Crippen molar-refractivity contribution in [3.05, 3.63) is 28.3 Å². The van der Waals surface area contributed by atoms with E-state index in [9.17, 15) is 0 Å². The van der Waals surface area contributed by atoms with Gasteiger partial charge in [-0.25, -0.2) is 0 Å². The summed E-state index contributed by atoms with van der Waals surface area (Å²) in [5.41, 5.74) is 7.44. The second-order valence-electron chi connectivity index (χ2n) is 3.36. The topological polar surface area (TPSA) is 55.5 Å². The molecule has 0 saturated heterocycles. The van der Waals surface area contributed by atoms with Gasteiger partial charge in [-0.1, -0.05) is 11.6 Å². The van der Waals surface area contributed by atoms with Crippen molar-refractivity contribution in [3.8, 4) is 5.75 Å².